The molecule has 0 bridgehead atoms. The van der Waals surface area contributed by atoms with Crippen LogP contribution in [-0.2, 0) is 6.18 Å². The maximum Gasteiger partial charge on any atom is 0.416 e. The zero-order valence-electron chi connectivity index (χ0n) is 9.75. The van der Waals surface area contributed by atoms with Gasteiger partial charge in [0.05, 0.1) is 5.56 Å². The fourth-order valence-electron chi connectivity index (χ4n) is 1.62. The Kier molecular flexibility index (Phi) is 3.05. The third-order valence-electron chi connectivity index (χ3n) is 2.57. The third-order valence-corrected chi connectivity index (χ3v) is 2.57. The fourth-order valence-corrected chi connectivity index (χ4v) is 1.62. The Balaban J connectivity index is 2.38. The first-order valence-corrected chi connectivity index (χ1v) is 5.26. The second-order valence-corrected chi connectivity index (χ2v) is 3.94. The summed E-state index contributed by atoms with van der Waals surface area (Å²) in [6.45, 7) is 1.53. The quantitative estimate of drug-likeness (QED) is 0.881. The van der Waals surface area contributed by atoms with Gasteiger partial charge >= 0.3 is 12.1 Å². The summed E-state index contributed by atoms with van der Waals surface area (Å²) in [5, 5.41) is 8.85. The monoisotopic (exact) mass is 270 g/mol. The van der Waals surface area contributed by atoms with Crippen molar-refractivity contribution in [2.45, 2.75) is 13.1 Å². The molecule has 1 aromatic heterocycles. The van der Waals surface area contributed by atoms with Crippen molar-refractivity contribution in [3.63, 3.8) is 0 Å². The van der Waals surface area contributed by atoms with E-state index in [0.717, 1.165) is 12.1 Å². The number of carbonyl (C=O) groups is 1. The highest BCUT2D eigenvalue weighted by atomic mass is 19.4. The highest BCUT2D eigenvalue weighted by Crippen LogP contribution is 2.30. The molecule has 0 aliphatic heterocycles. The van der Waals surface area contributed by atoms with Gasteiger partial charge in [-0.15, -0.1) is 0 Å². The minimum absolute atomic E-state index is 0.144. The van der Waals surface area contributed by atoms with Crippen LogP contribution in [0.25, 0.3) is 11.4 Å². The SMILES string of the molecule is Cc1[nH]c(-c2ccc(C(F)(F)F)cc2)nc1C(=O)O. The lowest BCUT2D eigenvalue weighted by atomic mass is 10.1. The number of aromatic amines is 1. The molecule has 0 atom stereocenters. The van der Waals surface area contributed by atoms with Crippen LogP contribution in [0.5, 0.6) is 0 Å². The number of aromatic nitrogens is 2. The van der Waals surface area contributed by atoms with Gasteiger partial charge < -0.3 is 10.1 Å². The van der Waals surface area contributed by atoms with E-state index < -0.39 is 17.7 Å². The van der Waals surface area contributed by atoms with Crippen LogP contribution in [0.2, 0.25) is 0 Å². The number of hydrogen-bond acceptors (Lipinski definition) is 2. The number of imidazole rings is 1. The van der Waals surface area contributed by atoms with Crippen molar-refractivity contribution in [1.29, 1.82) is 0 Å². The number of carboxylic acids is 1. The average Bonchev–Trinajstić information content (AvgIpc) is 2.70. The van der Waals surface area contributed by atoms with Gasteiger partial charge in [-0.2, -0.15) is 13.2 Å². The summed E-state index contributed by atoms with van der Waals surface area (Å²) in [6, 6.07) is 4.33. The molecule has 0 saturated carbocycles. The molecule has 2 rings (SSSR count). The normalized spacial score (nSPS) is 11.6. The first-order chi connectivity index (χ1) is 8.79. The summed E-state index contributed by atoms with van der Waals surface area (Å²) in [7, 11) is 0. The van der Waals surface area contributed by atoms with Crippen LogP contribution < -0.4 is 0 Å². The number of hydrogen-bond donors (Lipinski definition) is 2. The minimum atomic E-state index is -4.40. The standard InChI is InChI=1S/C12H9F3N2O2/c1-6-9(11(18)19)17-10(16-6)7-2-4-8(5-3-7)12(13,14)15/h2-5H,1H3,(H,16,17)(H,18,19). The van der Waals surface area contributed by atoms with Crippen LogP contribution in [0.15, 0.2) is 24.3 Å². The molecule has 1 aromatic carbocycles. The summed E-state index contributed by atoms with van der Waals surface area (Å²) >= 11 is 0. The lowest BCUT2D eigenvalue weighted by molar-refractivity contribution is -0.137. The number of rotatable bonds is 2. The first kappa shape index (κ1) is 13.1. The number of carboxylic acid groups (broad SMARTS) is 1. The summed E-state index contributed by atoms with van der Waals surface area (Å²) in [4.78, 5) is 17.4. The first-order valence-electron chi connectivity index (χ1n) is 5.26. The van der Waals surface area contributed by atoms with Crippen molar-refractivity contribution in [3.8, 4) is 11.4 Å². The maximum absolute atomic E-state index is 12.4. The van der Waals surface area contributed by atoms with Gasteiger partial charge in [-0.1, -0.05) is 12.1 Å². The van der Waals surface area contributed by atoms with E-state index in [2.05, 4.69) is 9.97 Å². The molecule has 0 spiro atoms. The Hall–Kier alpha value is -2.31. The van der Waals surface area contributed by atoms with Gasteiger partial charge in [0.15, 0.2) is 5.69 Å². The number of aryl methyl sites for hydroxylation is 1. The van der Waals surface area contributed by atoms with E-state index in [1.807, 2.05) is 0 Å². The molecule has 1 heterocycles. The van der Waals surface area contributed by atoms with Crippen LogP contribution in [0, 0.1) is 6.92 Å². The van der Waals surface area contributed by atoms with Crippen LogP contribution in [-0.4, -0.2) is 21.0 Å². The number of benzene rings is 1. The van der Waals surface area contributed by atoms with E-state index in [1.165, 1.54) is 19.1 Å². The van der Waals surface area contributed by atoms with E-state index in [4.69, 9.17) is 5.11 Å². The van der Waals surface area contributed by atoms with Crippen LogP contribution in [0.3, 0.4) is 0 Å². The fraction of sp³-hybridized carbons (Fsp3) is 0.167. The Labute approximate surface area is 105 Å². The molecule has 0 unspecified atom stereocenters. The molecule has 100 valence electrons. The molecular formula is C12H9F3N2O2. The van der Waals surface area contributed by atoms with E-state index in [1.54, 1.807) is 0 Å². The molecule has 0 aliphatic rings. The van der Waals surface area contributed by atoms with Gasteiger partial charge in [0.2, 0.25) is 0 Å². The van der Waals surface area contributed by atoms with Gasteiger partial charge in [-0.3, -0.25) is 0 Å². The molecule has 19 heavy (non-hydrogen) atoms. The van der Waals surface area contributed by atoms with Gasteiger partial charge in [-0.05, 0) is 19.1 Å². The largest absolute Gasteiger partial charge is 0.476 e. The lowest BCUT2D eigenvalue weighted by Crippen LogP contribution is -2.04. The van der Waals surface area contributed by atoms with Crippen molar-refractivity contribution < 1.29 is 23.1 Å². The zero-order chi connectivity index (χ0) is 14.2. The number of alkyl halides is 3. The number of halogens is 3. The minimum Gasteiger partial charge on any atom is -0.476 e. The van der Waals surface area contributed by atoms with Crippen molar-refractivity contribution in [2.75, 3.05) is 0 Å². The molecule has 0 saturated heterocycles. The van der Waals surface area contributed by atoms with Crippen molar-refractivity contribution in [2.24, 2.45) is 0 Å². The molecule has 2 N–H and O–H groups in total. The highest BCUT2D eigenvalue weighted by Gasteiger charge is 2.30. The number of H-pyrrole nitrogens is 1. The van der Waals surface area contributed by atoms with E-state index >= 15 is 0 Å². The van der Waals surface area contributed by atoms with E-state index in [-0.39, 0.29) is 11.5 Å². The summed E-state index contributed by atoms with van der Waals surface area (Å²) < 4.78 is 37.2. The van der Waals surface area contributed by atoms with Crippen molar-refractivity contribution in [1.82, 2.24) is 9.97 Å². The number of nitrogens with zero attached hydrogens (tertiary/aromatic N) is 1. The topological polar surface area (TPSA) is 66.0 Å². The van der Waals surface area contributed by atoms with Crippen LogP contribution >= 0.6 is 0 Å². The predicted molar refractivity (Wildman–Crippen MR) is 60.7 cm³/mol. The predicted octanol–water partition coefficient (Wildman–Crippen LogP) is 3.10. The molecule has 0 radical (unpaired) electrons. The molecule has 0 fully saturated rings. The zero-order valence-corrected chi connectivity index (χ0v) is 9.75. The van der Waals surface area contributed by atoms with Crippen LogP contribution in [0.4, 0.5) is 13.2 Å². The number of aromatic carboxylic acids is 1. The summed E-state index contributed by atoms with van der Waals surface area (Å²) in [5.41, 5.74) is -0.168. The Morgan fingerprint density at radius 1 is 1.26 bits per heavy atom. The van der Waals surface area contributed by atoms with Gasteiger partial charge in [0, 0.05) is 11.3 Å². The third kappa shape index (κ3) is 2.59. The summed E-state index contributed by atoms with van der Waals surface area (Å²) in [5.74, 6) is -0.962. The maximum atomic E-state index is 12.4. The van der Waals surface area contributed by atoms with Crippen molar-refractivity contribution in [3.05, 3.63) is 41.2 Å². The average molecular weight is 270 g/mol. The van der Waals surface area contributed by atoms with E-state index in [0.29, 0.717) is 11.3 Å². The van der Waals surface area contributed by atoms with Gasteiger partial charge in [0.25, 0.3) is 0 Å². The second-order valence-electron chi connectivity index (χ2n) is 3.94. The van der Waals surface area contributed by atoms with Gasteiger partial charge in [0.1, 0.15) is 5.82 Å². The highest BCUT2D eigenvalue weighted by molar-refractivity contribution is 5.87. The molecule has 0 aliphatic carbocycles. The van der Waals surface area contributed by atoms with Crippen LogP contribution in [0.1, 0.15) is 21.7 Å². The lowest BCUT2D eigenvalue weighted by Gasteiger charge is -2.06. The molecule has 4 nitrogen and oxygen atoms in total. The second kappa shape index (κ2) is 4.42. The van der Waals surface area contributed by atoms with Crippen molar-refractivity contribution >= 4 is 5.97 Å². The molecule has 7 heteroatoms. The van der Waals surface area contributed by atoms with E-state index in [9.17, 15) is 18.0 Å². The van der Waals surface area contributed by atoms with Gasteiger partial charge in [-0.25, -0.2) is 9.78 Å². The summed E-state index contributed by atoms with van der Waals surface area (Å²) in [6.07, 6.45) is -4.40. The molecular weight excluding hydrogens is 261 g/mol. The smallest absolute Gasteiger partial charge is 0.416 e. The Morgan fingerprint density at radius 3 is 2.26 bits per heavy atom. The number of nitrogens with one attached hydrogen (secondary N) is 1. The Morgan fingerprint density at radius 2 is 1.84 bits per heavy atom. The molecule has 0 amide bonds. The Bertz CT molecular complexity index is 615. The molecule has 2 aromatic rings.